The molecular weight excluding hydrogens is 337 g/mol. The molecule has 1 rings (SSSR count). The Bertz CT molecular complexity index is 394. The maximum atomic E-state index is 12.3. The molecule has 1 amide bonds. The van der Waals surface area contributed by atoms with Crippen molar-refractivity contribution in [3.8, 4) is 0 Å². The lowest BCUT2D eigenvalue weighted by atomic mass is 9.69. The molecule has 7 N–H and O–H groups in total. The van der Waals surface area contributed by atoms with Crippen molar-refractivity contribution in [1.29, 1.82) is 5.41 Å². The molecule has 1 aliphatic rings. The van der Waals surface area contributed by atoms with E-state index in [0.29, 0.717) is 18.8 Å². The molecule has 1 atom stereocenters. The molecule has 0 aromatic heterocycles. The predicted molar refractivity (Wildman–Crippen MR) is 116 cm³/mol. The molecule has 0 radical (unpaired) electrons. The van der Waals surface area contributed by atoms with Gasteiger partial charge >= 0.3 is 0 Å². The highest BCUT2D eigenvalue weighted by Gasteiger charge is 2.17. The summed E-state index contributed by atoms with van der Waals surface area (Å²) in [7, 11) is 0.762. The molecule has 7 heteroatoms. The molecule has 0 spiro atoms. The van der Waals surface area contributed by atoms with Gasteiger partial charge in [0.15, 0.2) is 5.96 Å². The largest absolute Gasteiger partial charge is 0.401 e. The molecule has 0 aliphatic heterocycles. The van der Waals surface area contributed by atoms with Gasteiger partial charge in [-0.15, -0.1) is 0 Å². The van der Waals surface area contributed by atoms with Crippen LogP contribution in [0.1, 0.15) is 96.3 Å². The fraction of sp³-hybridized carbons (Fsp3) is 0.900. The van der Waals surface area contributed by atoms with Crippen molar-refractivity contribution in [1.82, 2.24) is 10.5 Å². The molecule has 0 unspecified atom stereocenters. The highest BCUT2D eigenvalue weighted by atomic mass is 16.1. The van der Waals surface area contributed by atoms with E-state index in [-0.39, 0.29) is 11.9 Å². The summed E-state index contributed by atoms with van der Waals surface area (Å²) in [6.07, 6.45) is 18.7. The molecule has 1 aliphatic carbocycles. The van der Waals surface area contributed by atoms with E-state index in [4.69, 9.17) is 16.9 Å². The number of nitrogens with two attached hydrogens (primary N) is 2. The van der Waals surface area contributed by atoms with Gasteiger partial charge in [-0.2, -0.15) is 0 Å². The zero-order valence-electron chi connectivity index (χ0n) is 17.2. The second kappa shape index (κ2) is 15.8. The Hall–Kier alpha value is -1.24. The van der Waals surface area contributed by atoms with Crippen LogP contribution in [-0.2, 0) is 4.79 Å². The first-order chi connectivity index (χ1) is 13.1. The number of carbonyl (C=O) groups excluding carboxylic acids is 1. The summed E-state index contributed by atoms with van der Waals surface area (Å²) in [5.41, 5.74) is 11.2. The maximum Gasteiger partial charge on any atom is 0.239 e. The summed E-state index contributed by atoms with van der Waals surface area (Å²) in [5, 5.41) is 12.9. The quantitative estimate of drug-likeness (QED) is 0.202. The lowest BCUT2D eigenvalue weighted by molar-refractivity contribution is -0.120. The van der Waals surface area contributed by atoms with Crippen molar-refractivity contribution in [3.05, 3.63) is 0 Å². The van der Waals surface area contributed by atoms with Gasteiger partial charge in [0.05, 0.1) is 6.04 Å². The van der Waals surface area contributed by atoms with Crippen LogP contribution in [-0.4, -0.2) is 31.9 Å². The van der Waals surface area contributed by atoms with E-state index >= 15 is 0 Å². The molecule has 0 bridgehead atoms. The number of hydrogen-bond acceptors (Lipinski definition) is 3. The summed E-state index contributed by atoms with van der Waals surface area (Å²) in [5.74, 6) is 0.502. The molecule has 6 nitrogen and oxygen atoms in total. The average Bonchev–Trinajstić information content (AvgIpc) is 2.65. The van der Waals surface area contributed by atoms with Crippen molar-refractivity contribution < 1.29 is 4.79 Å². The Morgan fingerprint density at radius 1 is 0.963 bits per heavy atom. The molecule has 1 fully saturated rings. The van der Waals surface area contributed by atoms with E-state index in [0.717, 1.165) is 13.8 Å². The van der Waals surface area contributed by atoms with Crippen molar-refractivity contribution in [2.45, 2.75) is 108 Å². The van der Waals surface area contributed by atoms with Gasteiger partial charge in [0, 0.05) is 6.54 Å². The minimum Gasteiger partial charge on any atom is -0.401 e. The third-order valence-corrected chi connectivity index (χ3v) is 5.63. The van der Waals surface area contributed by atoms with E-state index in [2.05, 4.69) is 10.5 Å². The number of rotatable bonds is 7. The Morgan fingerprint density at radius 3 is 1.93 bits per heavy atom. The van der Waals surface area contributed by atoms with E-state index < -0.39 is 6.04 Å². The van der Waals surface area contributed by atoms with E-state index in [1.165, 1.54) is 83.5 Å². The van der Waals surface area contributed by atoms with Gasteiger partial charge in [-0.1, -0.05) is 83.5 Å². The fourth-order valence-electron chi connectivity index (χ4n) is 3.86. The minimum absolute atomic E-state index is 0.0400. The van der Waals surface area contributed by atoms with E-state index in [1.807, 2.05) is 0 Å². The number of nitrogens with one attached hydrogen (secondary N) is 3. The first kappa shape index (κ1) is 23.8. The molecule has 0 saturated heterocycles. The topological polar surface area (TPSA) is 117 Å². The standard InChI is InChI=1S/C20H42BN5O/c22-18(15-12-16-25-20(23)24)19(27)26-21-17-13-10-8-6-4-2-1-3-5-7-9-11-14-17/h17-18,21H,1-16,22H2,(H,26,27)(H4,23,24,25)/t18-/m0/s1. The second-order valence-electron chi connectivity index (χ2n) is 8.17. The van der Waals surface area contributed by atoms with Crippen LogP contribution in [0.5, 0.6) is 0 Å². The number of carbonyl (C=O) groups is 1. The summed E-state index contributed by atoms with van der Waals surface area (Å²) in [6, 6.07) is -0.475. The third-order valence-electron chi connectivity index (χ3n) is 5.63. The fourth-order valence-corrected chi connectivity index (χ4v) is 3.86. The Labute approximate surface area is 166 Å². The third kappa shape index (κ3) is 13.6. The smallest absolute Gasteiger partial charge is 0.239 e. The Morgan fingerprint density at radius 2 is 1.44 bits per heavy atom. The highest BCUT2D eigenvalue weighted by molar-refractivity contribution is 6.39. The summed E-state index contributed by atoms with van der Waals surface area (Å²) in [4.78, 5) is 12.3. The summed E-state index contributed by atoms with van der Waals surface area (Å²) < 4.78 is 0. The molecule has 156 valence electrons. The van der Waals surface area contributed by atoms with Gasteiger partial charge in [0.25, 0.3) is 0 Å². The van der Waals surface area contributed by atoms with Crippen LogP contribution in [0.15, 0.2) is 0 Å². The minimum atomic E-state index is -0.475. The highest BCUT2D eigenvalue weighted by Crippen LogP contribution is 2.23. The van der Waals surface area contributed by atoms with Crippen LogP contribution >= 0.6 is 0 Å². The second-order valence-corrected chi connectivity index (χ2v) is 8.17. The van der Waals surface area contributed by atoms with Crippen molar-refractivity contribution in [3.63, 3.8) is 0 Å². The Kier molecular flexibility index (Phi) is 13.9. The lowest BCUT2D eigenvalue weighted by Crippen LogP contribution is -2.43. The summed E-state index contributed by atoms with van der Waals surface area (Å²) >= 11 is 0. The van der Waals surface area contributed by atoms with Gasteiger partial charge in [0.1, 0.15) is 0 Å². The molecule has 0 heterocycles. The predicted octanol–water partition coefficient (Wildman–Crippen LogP) is 2.92. The van der Waals surface area contributed by atoms with Crippen molar-refractivity contribution in [2.75, 3.05) is 6.54 Å². The van der Waals surface area contributed by atoms with Crippen LogP contribution in [0.25, 0.3) is 0 Å². The van der Waals surface area contributed by atoms with Crippen LogP contribution in [0, 0.1) is 5.41 Å². The average molecular weight is 379 g/mol. The van der Waals surface area contributed by atoms with Crippen LogP contribution in [0.3, 0.4) is 0 Å². The van der Waals surface area contributed by atoms with Crippen LogP contribution in [0.2, 0.25) is 5.82 Å². The molecule has 0 aromatic rings. The first-order valence-corrected chi connectivity index (χ1v) is 11.2. The monoisotopic (exact) mass is 379 g/mol. The van der Waals surface area contributed by atoms with E-state index in [9.17, 15) is 4.79 Å². The molecule has 27 heavy (non-hydrogen) atoms. The zero-order valence-corrected chi connectivity index (χ0v) is 17.2. The maximum absolute atomic E-state index is 12.3. The molecule has 1 saturated carbocycles. The number of hydrogen-bond donors (Lipinski definition) is 5. The van der Waals surface area contributed by atoms with Crippen molar-refractivity contribution >= 4 is 19.3 Å². The molecule has 0 aromatic carbocycles. The van der Waals surface area contributed by atoms with Gasteiger partial charge < -0.3 is 22.0 Å². The number of amides is 1. The Balaban J connectivity index is 2.27. The van der Waals surface area contributed by atoms with Crippen LogP contribution in [0.4, 0.5) is 0 Å². The van der Waals surface area contributed by atoms with Gasteiger partial charge in [0.2, 0.25) is 13.3 Å². The molecular formula is C20H42BN5O. The van der Waals surface area contributed by atoms with Gasteiger partial charge in [-0.25, -0.2) is 0 Å². The lowest BCUT2D eigenvalue weighted by Gasteiger charge is -2.18. The SMILES string of the molecule is N=C(N)NCCC[C@H](N)C(=O)NBC1CCCCCCCCCCCCC1. The van der Waals surface area contributed by atoms with Crippen LogP contribution < -0.4 is 22.0 Å². The zero-order chi connectivity index (χ0) is 19.7. The normalized spacial score (nSPS) is 19.4. The van der Waals surface area contributed by atoms with Crippen molar-refractivity contribution in [2.24, 2.45) is 11.5 Å². The van der Waals surface area contributed by atoms with Gasteiger partial charge in [-0.05, 0) is 18.7 Å². The first-order valence-electron chi connectivity index (χ1n) is 11.2. The van der Waals surface area contributed by atoms with E-state index in [1.54, 1.807) is 0 Å². The van der Waals surface area contributed by atoms with Gasteiger partial charge in [-0.3, -0.25) is 10.2 Å². The summed E-state index contributed by atoms with van der Waals surface area (Å²) in [6.45, 7) is 0.582. The number of guanidine groups is 1.